The molecule has 1 aromatic heterocycles. The molecular formula is C29H35N5O2. The first kappa shape index (κ1) is 26.6. The summed E-state index contributed by atoms with van der Waals surface area (Å²) in [5.41, 5.74) is 3.02. The monoisotopic (exact) mass is 485 g/mol. The molecule has 0 atom stereocenters. The summed E-state index contributed by atoms with van der Waals surface area (Å²) in [5.74, 6) is 2.80. The number of amidine groups is 1. The number of hydrogen-bond acceptors (Lipinski definition) is 5. The number of hydrogen-bond donors (Lipinski definition) is 0. The molecule has 0 aliphatic carbocycles. The number of aromatic nitrogens is 1. The van der Waals surface area contributed by atoms with E-state index in [1.54, 1.807) is 20.4 Å². The second-order valence-electron chi connectivity index (χ2n) is 8.25. The van der Waals surface area contributed by atoms with Crippen LogP contribution in [0, 0.1) is 0 Å². The van der Waals surface area contributed by atoms with Crippen molar-refractivity contribution >= 4 is 23.3 Å². The summed E-state index contributed by atoms with van der Waals surface area (Å²) < 4.78 is 5.16. The predicted molar refractivity (Wildman–Crippen MR) is 147 cm³/mol. The fourth-order valence-electron chi connectivity index (χ4n) is 3.84. The number of piperazine rings is 1. The molecular weight excluding hydrogens is 450 g/mol. The summed E-state index contributed by atoms with van der Waals surface area (Å²) in [6.45, 7) is 7.27. The average Bonchev–Trinajstić information content (AvgIpc) is 2.96. The number of ether oxygens (including phenoxy) is 1. The number of amides is 1. The van der Waals surface area contributed by atoms with Gasteiger partial charge in [0.25, 0.3) is 0 Å². The highest BCUT2D eigenvalue weighted by Crippen LogP contribution is 2.14. The van der Waals surface area contributed by atoms with Gasteiger partial charge in [0.2, 0.25) is 5.91 Å². The first-order chi connectivity index (χ1) is 17.5. The van der Waals surface area contributed by atoms with Gasteiger partial charge < -0.3 is 14.5 Å². The van der Waals surface area contributed by atoms with Crippen LogP contribution in [0.1, 0.15) is 31.4 Å². The van der Waals surface area contributed by atoms with Gasteiger partial charge in [0.1, 0.15) is 11.6 Å². The average molecular weight is 486 g/mol. The van der Waals surface area contributed by atoms with Gasteiger partial charge in [0.15, 0.2) is 5.84 Å². The van der Waals surface area contributed by atoms with E-state index in [-0.39, 0.29) is 5.91 Å². The Bertz CT molecular complexity index is 1140. The van der Waals surface area contributed by atoms with Crippen molar-refractivity contribution in [1.29, 1.82) is 0 Å². The zero-order valence-electron chi connectivity index (χ0n) is 21.6. The van der Waals surface area contributed by atoms with Crippen molar-refractivity contribution < 1.29 is 9.53 Å². The lowest BCUT2D eigenvalue weighted by Gasteiger charge is -2.35. The highest BCUT2D eigenvalue weighted by atomic mass is 16.5. The molecule has 0 N–H and O–H groups in total. The van der Waals surface area contributed by atoms with Crippen molar-refractivity contribution in [2.24, 2.45) is 9.98 Å². The van der Waals surface area contributed by atoms with Crippen molar-refractivity contribution in [1.82, 2.24) is 9.88 Å². The lowest BCUT2D eigenvalue weighted by Crippen LogP contribution is -2.48. The molecule has 1 aliphatic rings. The summed E-state index contributed by atoms with van der Waals surface area (Å²) >= 11 is 0. The minimum atomic E-state index is 0.251. The van der Waals surface area contributed by atoms with Crippen molar-refractivity contribution in [3.8, 4) is 5.75 Å². The maximum atomic E-state index is 11.5. The number of aliphatic imine (C=N–C) groups is 2. The van der Waals surface area contributed by atoms with Crippen molar-refractivity contribution in [3.05, 3.63) is 90.1 Å². The fourth-order valence-corrected chi connectivity index (χ4v) is 3.84. The van der Waals surface area contributed by atoms with Gasteiger partial charge in [0, 0.05) is 57.1 Å². The molecule has 0 unspecified atom stereocenters. The molecule has 1 saturated heterocycles. The summed E-state index contributed by atoms with van der Waals surface area (Å²) in [5, 5.41) is 0. The van der Waals surface area contributed by atoms with Crippen LogP contribution in [0.5, 0.6) is 5.75 Å². The van der Waals surface area contributed by atoms with E-state index in [2.05, 4.69) is 19.9 Å². The zero-order chi connectivity index (χ0) is 25.8. The first-order valence-electron chi connectivity index (χ1n) is 12.2. The molecule has 0 bridgehead atoms. The fraction of sp³-hybridized carbons (Fsp3) is 0.310. The summed E-state index contributed by atoms with van der Waals surface area (Å²) in [7, 11) is 3.41. The number of benzene rings is 2. The number of methoxy groups -OCH3 is 1. The number of rotatable bonds is 5. The Hall–Kier alpha value is -4.00. The molecule has 0 spiro atoms. The van der Waals surface area contributed by atoms with E-state index in [0.29, 0.717) is 12.3 Å². The smallest absolute Gasteiger partial charge is 0.222 e. The minimum absolute atomic E-state index is 0.251. The molecule has 0 radical (unpaired) electrons. The summed E-state index contributed by atoms with van der Waals surface area (Å²) in [6.07, 6.45) is 2.41. The van der Waals surface area contributed by atoms with E-state index < -0.39 is 0 Å². The number of nitrogens with zero attached hydrogens (tertiary/aromatic N) is 5. The van der Waals surface area contributed by atoms with Gasteiger partial charge in [0.05, 0.1) is 7.11 Å². The van der Waals surface area contributed by atoms with Gasteiger partial charge in [-0.15, -0.1) is 0 Å². The van der Waals surface area contributed by atoms with Gasteiger partial charge in [-0.05, 0) is 48.9 Å². The molecule has 188 valence electrons. The lowest BCUT2D eigenvalue weighted by molar-refractivity contribution is -0.131. The highest BCUT2D eigenvalue weighted by molar-refractivity contribution is 6.11. The number of carbonyl (C=O) groups is 1. The number of pyridine rings is 1. The minimum Gasteiger partial charge on any atom is -0.497 e. The van der Waals surface area contributed by atoms with Crippen LogP contribution >= 0.6 is 0 Å². The van der Waals surface area contributed by atoms with Crippen molar-refractivity contribution in [2.75, 3.05) is 45.2 Å². The van der Waals surface area contributed by atoms with E-state index in [0.717, 1.165) is 54.6 Å². The second kappa shape index (κ2) is 13.8. The largest absolute Gasteiger partial charge is 0.497 e. The van der Waals surface area contributed by atoms with Gasteiger partial charge >= 0.3 is 0 Å². The molecule has 2 aromatic carbocycles. The second-order valence-corrected chi connectivity index (χ2v) is 8.25. The quantitative estimate of drug-likeness (QED) is 0.387. The molecule has 0 saturated carbocycles. The molecule has 3 aromatic rings. The first-order valence-corrected chi connectivity index (χ1v) is 12.2. The number of carbonyl (C=O) groups excluding carboxylic acids is 1. The third-order valence-electron chi connectivity index (χ3n) is 5.93. The van der Waals surface area contributed by atoms with Gasteiger partial charge in [-0.3, -0.25) is 9.79 Å². The summed E-state index contributed by atoms with van der Waals surface area (Å²) in [6, 6.07) is 23.8. The Kier molecular flexibility index (Phi) is 10.2. The van der Waals surface area contributed by atoms with Crippen LogP contribution < -0.4 is 9.64 Å². The van der Waals surface area contributed by atoms with Crippen LogP contribution in [-0.2, 0) is 4.79 Å². The van der Waals surface area contributed by atoms with Gasteiger partial charge in [-0.25, -0.2) is 9.98 Å². The van der Waals surface area contributed by atoms with E-state index in [1.165, 1.54) is 0 Å². The SMILES string of the molecule is CCC(=O)N1CCN(c2ccccn2)CC1.CN=C(N=C(C)c1ccccc1)c1ccc(OC)cc1. The zero-order valence-corrected chi connectivity index (χ0v) is 21.6. The maximum absolute atomic E-state index is 11.5. The van der Waals surface area contributed by atoms with Crippen LogP contribution in [0.4, 0.5) is 5.82 Å². The molecule has 1 aliphatic heterocycles. The third kappa shape index (κ3) is 7.50. The van der Waals surface area contributed by atoms with Gasteiger partial charge in [-0.2, -0.15) is 0 Å². The lowest BCUT2D eigenvalue weighted by atomic mass is 10.1. The van der Waals surface area contributed by atoms with Crippen LogP contribution in [0.2, 0.25) is 0 Å². The standard InChI is InChI=1S/C17H18N2O.C12H17N3O/c1-13(14-7-5-4-6-8-14)19-17(18-2)15-9-11-16(20-3)12-10-15;1-2-12(16)15-9-7-14(8-10-15)11-5-3-4-6-13-11/h4-12H,1-3H3;3-6H,2,7-10H2,1H3. The normalized spacial score (nSPS) is 14.1. The Morgan fingerprint density at radius 3 is 2.14 bits per heavy atom. The third-order valence-corrected chi connectivity index (χ3v) is 5.93. The molecule has 1 amide bonds. The molecule has 1 fully saturated rings. The van der Waals surface area contributed by atoms with E-state index in [4.69, 9.17) is 4.74 Å². The summed E-state index contributed by atoms with van der Waals surface area (Å²) in [4.78, 5) is 28.9. The predicted octanol–water partition coefficient (Wildman–Crippen LogP) is 4.72. The maximum Gasteiger partial charge on any atom is 0.222 e. The van der Waals surface area contributed by atoms with E-state index in [9.17, 15) is 4.79 Å². The van der Waals surface area contributed by atoms with Gasteiger partial charge in [-0.1, -0.05) is 43.3 Å². The molecule has 7 nitrogen and oxygen atoms in total. The van der Waals surface area contributed by atoms with Crippen LogP contribution in [0.15, 0.2) is 89.0 Å². The topological polar surface area (TPSA) is 70.4 Å². The van der Waals surface area contributed by atoms with Crippen molar-refractivity contribution in [2.45, 2.75) is 20.3 Å². The Balaban J connectivity index is 0.000000205. The molecule has 4 rings (SSSR count). The Morgan fingerprint density at radius 2 is 1.58 bits per heavy atom. The van der Waals surface area contributed by atoms with E-state index in [1.807, 2.05) is 91.5 Å². The van der Waals surface area contributed by atoms with E-state index >= 15 is 0 Å². The van der Waals surface area contributed by atoms with Crippen LogP contribution in [0.3, 0.4) is 0 Å². The van der Waals surface area contributed by atoms with Crippen LogP contribution in [0.25, 0.3) is 0 Å². The van der Waals surface area contributed by atoms with Crippen molar-refractivity contribution in [3.63, 3.8) is 0 Å². The Morgan fingerprint density at radius 1 is 0.917 bits per heavy atom. The molecule has 36 heavy (non-hydrogen) atoms. The van der Waals surface area contributed by atoms with Crippen LogP contribution in [-0.4, -0.2) is 67.7 Å². The molecule has 2 heterocycles. The molecule has 7 heteroatoms. The Labute approximate surface area is 214 Å². The number of anilines is 1. The highest BCUT2D eigenvalue weighted by Gasteiger charge is 2.20.